The van der Waals surface area contributed by atoms with Crippen molar-refractivity contribution < 1.29 is 9.53 Å². The van der Waals surface area contributed by atoms with Crippen LogP contribution in [0.15, 0.2) is 53.6 Å². The second-order valence-electron chi connectivity index (χ2n) is 6.04. The molecule has 0 spiro atoms. The standard InChI is InChI=1S/C20H19N3O2S/c1-22-17-9-4-3-8-16(17)21-18(22)13-19-23(10-11-26-19)20(24)14-6-5-7-15(12-14)25-2/h3-9,12-13H,10-11H2,1-2H3/b19-13+. The third-order valence-corrected chi connectivity index (χ3v) is 5.49. The Balaban J connectivity index is 1.68. The van der Waals surface area contributed by atoms with Gasteiger partial charge in [-0.3, -0.25) is 4.79 Å². The van der Waals surface area contributed by atoms with Crippen LogP contribution in [0.1, 0.15) is 16.2 Å². The molecule has 0 radical (unpaired) electrons. The number of imidazole rings is 1. The van der Waals surface area contributed by atoms with Crippen LogP contribution in [0, 0.1) is 0 Å². The van der Waals surface area contributed by atoms with Crippen LogP contribution in [-0.4, -0.2) is 39.8 Å². The minimum Gasteiger partial charge on any atom is -0.497 e. The van der Waals surface area contributed by atoms with Crippen molar-refractivity contribution in [2.45, 2.75) is 0 Å². The molecule has 3 aromatic rings. The third kappa shape index (κ3) is 2.97. The summed E-state index contributed by atoms with van der Waals surface area (Å²) in [6, 6.07) is 15.3. The molecule has 2 aromatic carbocycles. The van der Waals surface area contributed by atoms with Crippen LogP contribution in [0.2, 0.25) is 0 Å². The summed E-state index contributed by atoms with van der Waals surface area (Å²) in [6.07, 6.45) is 2.00. The van der Waals surface area contributed by atoms with E-state index in [1.54, 1.807) is 24.9 Å². The smallest absolute Gasteiger partial charge is 0.258 e. The Labute approximate surface area is 156 Å². The summed E-state index contributed by atoms with van der Waals surface area (Å²) in [5, 5.41) is 0.927. The highest BCUT2D eigenvalue weighted by atomic mass is 32.2. The number of aryl methyl sites for hydroxylation is 1. The predicted molar refractivity (Wildman–Crippen MR) is 105 cm³/mol. The lowest BCUT2D eigenvalue weighted by atomic mass is 10.2. The van der Waals surface area contributed by atoms with Gasteiger partial charge in [-0.1, -0.05) is 18.2 Å². The molecule has 26 heavy (non-hydrogen) atoms. The van der Waals surface area contributed by atoms with Gasteiger partial charge in [0, 0.05) is 31.0 Å². The predicted octanol–water partition coefficient (Wildman–Crippen LogP) is 3.77. The fourth-order valence-corrected chi connectivity index (χ4v) is 4.07. The molecule has 0 unspecified atom stereocenters. The number of rotatable bonds is 3. The van der Waals surface area contributed by atoms with E-state index in [2.05, 4.69) is 9.55 Å². The number of thioether (sulfide) groups is 1. The summed E-state index contributed by atoms with van der Waals surface area (Å²) in [5.74, 6) is 2.40. The number of para-hydroxylation sites is 2. The van der Waals surface area contributed by atoms with Gasteiger partial charge in [0.15, 0.2) is 0 Å². The number of fused-ring (bicyclic) bond motifs is 1. The summed E-state index contributed by atoms with van der Waals surface area (Å²) >= 11 is 1.68. The van der Waals surface area contributed by atoms with Crippen molar-refractivity contribution in [2.24, 2.45) is 7.05 Å². The molecule has 1 amide bonds. The van der Waals surface area contributed by atoms with E-state index in [1.165, 1.54) is 0 Å². The lowest BCUT2D eigenvalue weighted by Crippen LogP contribution is -2.26. The Morgan fingerprint density at radius 3 is 2.88 bits per heavy atom. The van der Waals surface area contributed by atoms with Gasteiger partial charge in [-0.05, 0) is 30.3 Å². The van der Waals surface area contributed by atoms with Gasteiger partial charge in [-0.15, -0.1) is 11.8 Å². The SMILES string of the molecule is COc1cccc(C(=O)N2CCS/C2=C/c2nc3ccccc3n2C)c1. The third-order valence-electron chi connectivity index (χ3n) is 4.47. The van der Waals surface area contributed by atoms with E-state index in [0.29, 0.717) is 17.9 Å². The molecule has 132 valence electrons. The van der Waals surface area contributed by atoms with Crippen molar-refractivity contribution in [1.82, 2.24) is 14.5 Å². The fourth-order valence-electron chi connectivity index (χ4n) is 3.07. The molecule has 0 atom stereocenters. The van der Waals surface area contributed by atoms with E-state index in [-0.39, 0.29) is 5.91 Å². The van der Waals surface area contributed by atoms with Crippen LogP contribution in [0.4, 0.5) is 0 Å². The maximum atomic E-state index is 13.0. The summed E-state index contributed by atoms with van der Waals surface area (Å²) in [4.78, 5) is 19.5. The normalized spacial score (nSPS) is 15.8. The molecule has 1 aliphatic rings. The van der Waals surface area contributed by atoms with E-state index >= 15 is 0 Å². The first-order valence-electron chi connectivity index (χ1n) is 8.39. The van der Waals surface area contributed by atoms with Crippen molar-refractivity contribution in [2.75, 3.05) is 19.4 Å². The number of ether oxygens (including phenoxy) is 1. The second kappa shape index (κ2) is 6.88. The molecule has 1 fully saturated rings. The summed E-state index contributed by atoms with van der Waals surface area (Å²) in [5.41, 5.74) is 2.66. The molecule has 1 aromatic heterocycles. The lowest BCUT2D eigenvalue weighted by molar-refractivity contribution is 0.0830. The van der Waals surface area contributed by atoms with E-state index in [9.17, 15) is 4.79 Å². The summed E-state index contributed by atoms with van der Waals surface area (Å²) < 4.78 is 7.29. The average molecular weight is 365 g/mol. The van der Waals surface area contributed by atoms with Gasteiger partial charge in [0.25, 0.3) is 5.91 Å². The lowest BCUT2D eigenvalue weighted by Gasteiger charge is -2.17. The quantitative estimate of drug-likeness (QED) is 0.709. The van der Waals surface area contributed by atoms with Crippen LogP contribution in [-0.2, 0) is 7.05 Å². The molecule has 1 aliphatic heterocycles. The second-order valence-corrected chi connectivity index (χ2v) is 7.15. The molecule has 0 aliphatic carbocycles. The Morgan fingerprint density at radius 2 is 2.08 bits per heavy atom. The summed E-state index contributed by atoms with van der Waals surface area (Å²) in [7, 11) is 3.60. The molecule has 4 rings (SSSR count). The number of amides is 1. The molecule has 0 saturated carbocycles. The number of carbonyl (C=O) groups excluding carboxylic acids is 1. The fraction of sp³-hybridized carbons (Fsp3) is 0.200. The van der Waals surface area contributed by atoms with Crippen molar-refractivity contribution in [1.29, 1.82) is 0 Å². The monoisotopic (exact) mass is 365 g/mol. The highest BCUT2D eigenvalue weighted by Crippen LogP contribution is 2.32. The number of carbonyl (C=O) groups is 1. The van der Waals surface area contributed by atoms with Crippen LogP contribution in [0.3, 0.4) is 0 Å². The zero-order valence-corrected chi connectivity index (χ0v) is 15.5. The highest BCUT2D eigenvalue weighted by Gasteiger charge is 2.26. The van der Waals surface area contributed by atoms with Gasteiger partial charge in [-0.25, -0.2) is 4.98 Å². The largest absolute Gasteiger partial charge is 0.497 e. The Bertz CT molecular complexity index is 1010. The maximum Gasteiger partial charge on any atom is 0.258 e. The van der Waals surface area contributed by atoms with E-state index in [0.717, 1.165) is 27.6 Å². The Hall–Kier alpha value is -2.73. The number of aromatic nitrogens is 2. The van der Waals surface area contributed by atoms with Crippen molar-refractivity contribution in [3.63, 3.8) is 0 Å². The van der Waals surface area contributed by atoms with Gasteiger partial charge in [0.05, 0.1) is 23.2 Å². The molecule has 1 saturated heterocycles. The van der Waals surface area contributed by atoms with Crippen LogP contribution >= 0.6 is 11.8 Å². The van der Waals surface area contributed by atoms with Gasteiger partial charge in [0.2, 0.25) is 0 Å². The number of benzene rings is 2. The van der Waals surface area contributed by atoms with Crippen LogP contribution in [0.5, 0.6) is 5.75 Å². The zero-order chi connectivity index (χ0) is 18.1. The minimum atomic E-state index is -0.0149. The molecular weight excluding hydrogens is 346 g/mol. The Kier molecular flexibility index (Phi) is 4.42. The molecule has 0 N–H and O–H groups in total. The number of nitrogens with zero attached hydrogens (tertiary/aromatic N) is 3. The minimum absolute atomic E-state index is 0.0149. The van der Waals surface area contributed by atoms with Gasteiger partial charge in [0.1, 0.15) is 11.6 Å². The van der Waals surface area contributed by atoms with E-state index < -0.39 is 0 Å². The first kappa shape index (κ1) is 16.7. The van der Waals surface area contributed by atoms with Crippen molar-refractivity contribution in [3.05, 3.63) is 64.9 Å². The first-order chi connectivity index (χ1) is 12.7. The summed E-state index contributed by atoms with van der Waals surface area (Å²) in [6.45, 7) is 0.691. The molecule has 2 heterocycles. The van der Waals surface area contributed by atoms with E-state index in [4.69, 9.17) is 4.74 Å². The average Bonchev–Trinajstić information content (AvgIpc) is 3.27. The van der Waals surface area contributed by atoms with Crippen LogP contribution < -0.4 is 4.74 Å². The van der Waals surface area contributed by atoms with Crippen LogP contribution in [0.25, 0.3) is 17.1 Å². The molecule has 0 bridgehead atoms. The first-order valence-corrected chi connectivity index (χ1v) is 9.38. The van der Waals surface area contributed by atoms with Crippen molar-refractivity contribution in [3.8, 4) is 5.75 Å². The van der Waals surface area contributed by atoms with Gasteiger partial charge >= 0.3 is 0 Å². The highest BCUT2D eigenvalue weighted by molar-refractivity contribution is 8.03. The van der Waals surface area contributed by atoms with Gasteiger partial charge in [-0.2, -0.15) is 0 Å². The molecule has 6 heteroatoms. The number of methoxy groups -OCH3 is 1. The maximum absolute atomic E-state index is 13.0. The van der Waals surface area contributed by atoms with E-state index in [1.807, 2.05) is 60.5 Å². The Morgan fingerprint density at radius 1 is 1.23 bits per heavy atom. The topological polar surface area (TPSA) is 47.4 Å². The molecular formula is C20H19N3O2S. The van der Waals surface area contributed by atoms with Gasteiger partial charge < -0.3 is 14.2 Å². The molecule has 5 nitrogen and oxygen atoms in total. The number of hydrogen-bond acceptors (Lipinski definition) is 4. The number of hydrogen-bond donors (Lipinski definition) is 0. The van der Waals surface area contributed by atoms with Crippen molar-refractivity contribution >= 4 is 34.8 Å². The zero-order valence-electron chi connectivity index (χ0n) is 14.7.